The van der Waals surface area contributed by atoms with Gasteiger partial charge < -0.3 is 48.8 Å². The van der Waals surface area contributed by atoms with Crippen molar-refractivity contribution in [3.8, 4) is 0 Å². The summed E-state index contributed by atoms with van der Waals surface area (Å²) in [5.74, 6) is -1.38. The van der Waals surface area contributed by atoms with E-state index in [-0.39, 0.29) is 52.9 Å². The summed E-state index contributed by atoms with van der Waals surface area (Å²) in [6, 6.07) is 0. The summed E-state index contributed by atoms with van der Waals surface area (Å²) < 4.78 is 30.5. The normalized spacial score (nSPS) is 15.5. The summed E-state index contributed by atoms with van der Waals surface area (Å²) in [5, 5.41) is 38.6. The molecule has 12 nitrogen and oxygen atoms in total. The maximum atomic E-state index is 11.0. The fraction of sp³-hybridized carbons (Fsp3) is 0.619. The molecule has 0 aliphatic carbocycles. The van der Waals surface area contributed by atoms with Gasteiger partial charge in [0.05, 0.1) is 39.6 Å². The molecular weight excluding hydrogens is 444 g/mol. The maximum absolute atomic E-state index is 11.0. The lowest BCUT2D eigenvalue weighted by molar-refractivity contribution is -0.146. The largest absolute Gasteiger partial charge is 0.460 e. The summed E-state index contributed by atoms with van der Waals surface area (Å²) in [5.41, 5.74) is 0. The van der Waals surface area contributed by atoms with Crippen LogP contribution in [-0.4, -0.2) is 116 Å². The van der Waals surface area contributed by atoms with Crippen molar-refractivity contribution < 1.29 is 58.4 Å². The van der Waals surface area contributed by atoms with E-state index < -0.39 is 42.6 Å². The first-order valence-corrected chi connectivity index (χ1v) is 10.0. The van der Waals surface area contributed by atoms with Crippen LogP contribution in [0.3, 0.4) is 0 Å². The second kappa shape index (κ2) is 19.3. The second-order valence-electron chi connectivity index (χ2n) is 6.62. The average Bonchev–Trinajstić information content (AvgIpc) is 2.81. The molecule has 0 aliphatic heterocycles. The lowest BCUT2D eigenvalue weighted by Gasteiger charge is -2.22. The van der Waals surface area contributed by atoms with E-state index >= 15 is 0 Å². The Morgan fingerprint density at radius 1 is 0.636 bits per heavy atom. The van der Waals surface area contributed by atoms with Gasteiger partial charge in [-0.25, -0.2) is 9.59 Å². The Morgan fingerprint density at radius 3 is 1.52 bits per heavy atom. The van der Waals surface area contributed by atoms with Gasteiger partial charge in [-0.3, -0.25) is 0 Å². The molecule has 0 spiro atoms. The summed E-state index contributed by atoms with van der Waals surface area (Å²) in [6.45, 7) is 8.32. The van der Waals surface area contributed by atoms with Gasteiger partial charge in [0.2, 0.25) is 0 Å². The summed E-state index contributed by atoms with van der Waals surface area (Å²) in [4.78, 5) is 22.0. The highest BCUT2D eigenvalue weighted by Crippen LogP contribution is 2.02. The van der Waals surface area contributed by atoms with Crippen LogP contribution in [0.25, 0.3) is 0 Å². The van der Waals surface area contributed by atoms with Crippen LogP contribution in [0, 0.1) is 0 Å². The SMILES string of the molecule is C=CC(=O)OCC(O)COCC(COCC(O)COC(O)C=C)OCC(O)COC(=O)C=C. The van der Waals surface area contributed by atoms with Crippen LogP contribution in [0.5, 0.6) is 0 Å². The standard InChI is InChI=1S/C21H34O12/c1-4-19(25)31-10-15(22)7-28-13-18(30-9-17(24)12-33-21(27)6-3)14-29-8-16(23)11-32-20(26)5-2/h4-6,15-19,22-25H,1-3,7-14H2. The summed E-state index contributed by atoms with van der Waals surface area (Å²) >= 11 is 0. The van der Waals surface area contributed by atoms with E-state index in [4.69, 9.17) is 28.4 Å². The van der Waals surface area contributed by atoms with Gasteiger partial charge in [0.25, 0.3) is 0 Å². The molecule has 0 fully saturated rings. The Balaban J connectivity index is 4.47. The molecule has 0 aromatic heterocycles. The smallest absolute Gasteiger partial charge is 0.330 e. The van der Waals surface area contributed by atoms with Crippen molar-refractivity contribution in [1.82, 2.24) is 0 Å². The number of hydrogen-bond donors (Lipinski definition) is 4. The number of hydrogen-bond acceptors (Lipinski definition) is 12. The van der Waals surface area contributed by atoms with Crippen molar-refractivity contribution in [2.75, 3.05) is 52.9 Å². The molecule has 0 saturated heterocycles. The third-order valence-electron chi connectivity index (χ3n) is 3.58. The van der Waals surface area contributed by atoms with Gasteiger partial charge in [-0.2, -0.15) is 0 Å². The zero-order chi connectivity index (χ0) is 25.1. The van der Waals surface area contributed by atoms with Crippen LogP contribution in [0.1, 0.15) is 0 Å². The number of carbonyl (C=O) groups excluding carboxylic acids is 2. The van der Waals surface area contributed by atoms with Crippen molar-refractivity contribution in [1.29, 1.82) is 0 Å². The predicted molar refractivity (Wildman–Crippen MR) is 114 cm³/mol. The Kier molecular flexibility index (Phi) is 18.1. The first kappa shape index (κ1) is 30.8. The number of esters is 2. The maximum Gasteiger partial charge on any atom is 0.330 e. The van der Waals surface area contributed by atoms with Crippen LogP contribution in [0.15, 0.2) is 38.0 Å². The van der Waals surface area contributed by atoms with E-state index in [0.717, 1.165) is 18.2 Å². The molecule has 0 aromatic carbocycles. The molecule has 5 unspecified atom stereocenters. The molecule has 190 valence electrons. The Bertz CT molecular complexity index is 582. The van der Waals surface area contributed by atoms with Crippen LogP contribution in [0.4, 0.5) is 0 Å². The Morgan fingerprint density at radius 2 is 1.06 bits per heavy atom. The van der Waals surface area contributed by atoms with Crippen LogP contribution < -0.4 is 0 Å². The van der Waals surface area contributed by atoms with Gasteiger partial charge in [-0.15, -0.1) is 0 Å². The monoisotopic (exact) mass is 478 g/mol. The van der Waals surface area contributed by atoms with Crippen molar-refractivity contribution in [3.63, 3.8) is 0 Å². The molecule has 0 bridgehead atoms. The first-order chi connectivity index (χ1) is 15.7. The number of aliphatic hydroxyl groups excluding tert-OH is 4. The molecule has 0 aromatic rings. The minimum absolute atomic E-state index is 0.0677. The van der Waals surface area contributed by atoms with Crippen LogP contribution in [-0.2, 0) is 38.0 Å². The van der Waals surface area contributed by atoms with E-state index in [1.807, 2.05) is 0 Å². The molecule has 5 atom stereocenters. The fourth-order valence-electron chi connectivity index (χ4n) is 1.96. The van der Waals surface area contributed by atoms with Crippen molar-refractivity contribution in [3.05, 3.63) is 38.0 Å². The molecular formula is C21H34O12. The minimum atomic E-state index is -1.21. The molecule has 0 heterocycles. The van der Waals surface area contributed by atoms with E-state index in [2.05, 4.69) is 19.7 Å². The highest BCUT2D eigenvalue weighted by Gasteiger charge is 2.17. The third kappa shape index (κ3) is 18.0. The molecule has 12 heteroatoms. The molecule has 0 amide bonds. The van der Waals surface area contributed by atoms with Crippen LogP contribution in [0.2, 0.25) is 0 Å². The Hall–Kier alpha value is -2.16. The third-order valence-corrected chi connectivity index (χ3v) is 3.58. The lowest BCUT2D eigenvalue weighted by Crippen LogP contribution is -2.34. The van der Waals surface area contributed by atoms with E-state index in [1.54, 1.807) is 0 Å². The first-order valence-electron chi connectivity index (χ1n) is 10.0. The van der Waals surface area contributed by atoms with Gasteiger partial charge in [0.1, 0.15) is 37.6 Å². The van der Waals surface area contributed by atoms with Gasteiger partial charge in [0.15, 0.2) is 6.29 Å². The zero-order valence-electron chi connectivity index (χ0n) is 18.5. The van der Waals surface area contributed by atoms with Gasteiger partial charge in [-0.05, 0) is 6.08 Å². The van der Waals surface area contributed by atoms with Gasteiger partial charge >= 0.3 is 11.9 Å². The Labute approximate surface area is 192 Å². The molecule has 4 N–H and O–H groups in total. The van der Waals surface area contributed by atoms with Crippen molar-refractivity contribution >= 4 is 11.9 Å². The quantitative estimate of drug-likeness (QED) is 0.0650. The zero-order valence-corrected chi connectivity index (χ0v) is 18.5. The van der Waals surface area contributed by atoms with Gasteiger partial charge in [-0.1, -0.05) is 19.7 Å². The molecule has 0 aliphatic rings. The van der Waals surface area contributed by atoms with Crippen molar-refractivity contribution in [2.45, 2.75) is 30.7 Å². The fourth-order valence-corrected chi connectivity index (χ4v) is 1.96. The number of carbonyl (C=O) groups is 2. The molecule has 0 rings (SSSR count). The lowest BCUT2D eigenvalue weighted by atomic mass is 10.3. The highest BCUT2D eigenvalue weighted by atomic mass is 16.6. The summed E-state index contributed by atoms with van der Waals surface area (Å²) in [6.07, 6.45) is -2.12. The molecule has 0 saturated carbocycles. The highest BCUT2D eigenvalue weighted by molar-refractivity contribution is 5.81. The summed E-state index contributed by atoms with van der Waals surface area (Å²) in [7, 11) is 0. The molecule has 33 heavy (non-hydrogen) atoms. The average molecular weight is 478 g/mol. The van der Waals surface area contributed by atoms with Crippen molar-refractivity contribution in [2.24, 2.45) is 0 Å². The number of aliphatic hydroxyl groups is 4. The number of ether oxygens (including phenoxy) is 6. The van der Waals surface area contributed by atoms with E-state index in [0.29, 0.717) is 0 Å². The van der Waals surface area contributed by atoms with E-state index in [1.165, 1.54) is 0 Å². The van der Waals surface area contributed by atoms with Gasteiger partial charge in [0, 0.05) is 12.2 Å². The van der Waals surface area contributed by atoms with E-state index in [9.17, 15) is 30.0 Å². The molecule has 0 radical (unpaired) electrons. The second-order valence-corrected chi connectivity index (χ2v) is 6.62. The van der Waals surface area contributed by atoms with Crippen LogP contribution >= 0.6 is 0 Å². The number of rotatable bonds is 21. The minimum Gasteiger partial charge on any atom is -0.460 e. The topological polar surface area (TPSA) is 170 Å². The predicted octanol–water partition coefficient (Wildman–Crippen LogP) is -1.53.